The van der Waals surface area contributed by atoms with E-state index in [2.05, 4.69) is 15.0 Å². The lowest BCUT2D eigenvalue weighted by Crippen LogP contribution is -2.50. The summed E-state index contributed by atoms with van der Waals surface area (Å²) in [5.41, 5.74) is 6.41. The van der Waals surface area contributed by atoms with E-state index in [4.69, 9.17) is 10.5 Å². The number of aromatic nitrogens is 3. The fourth-order valence-corrected chi connectivity index (χ4v) is 3.90. The van der Waals surface area contributed by atoms with Gasteiger partial charge >= 0.3 is 6.09 Å². The van der Waals surface area contributed by atoms with Crippen molar-refractivity contribution >= 4 is 29.3 Å². The summed E-state index contributed by atoms with van der Waals surface area (Å²) in [5, 5.41) is 0.804. The highest BCUT2D eigenvalue weighted by Crippen LogP contribution is 2.21. The fourth-order valence-electron chi connectivity index (χ4n) is 2.95. The number of rotatable bonds is 4. The number of hydrogen-bond donors (Lipinski definition) is 1. The molecule has 2 aromatic heterocycles. The monoisotopic (exact) mass is 418 g/mol. The van der Waals surface area contributed by atoms with Gasteiger partial charge in [0.05, 0.1) is 10.7 Å². The smallest absolute Gasteiger partial charge is 0.410 e. The largest absolute Gasteiger partial charge is 0.444 e. The molecule has 10 heteroatoms. The Morgan fingerprint density at radius 1 is 1.17 bits per heavy atom. The van der Waals surface area contributed by atoms with Crippen molar-refractivity contribution in [3.05, 3.63) is 33.5 Å². The minimum Gasteiger partial charge on any atom is -0.444 e. The average Bonchev–Trinajstić information content (AvgIpc) is 3.01. The Kier molecular flexibility index (Phi) is 6.02. The van der Waals surface area contributed by atoms with Gasteiger partial charge in [-0.15, -0.1) is 11.3 Å². The molecule has 2 N–H and O–H groups in total. The molecule has 2 amide bonds. The van der Waals surface area contributed by atoms with Crippen molar-refractivity contribution in [1.82, 2.24) is 19.9 Å². The molecule has 2 aromatic rings. The summed E-state index contributed by atoms with van der Waals surface area (Å²) < 4.78 is 5.42. The molecular weight excluding hydrogens is 392 g/mol. The molecule has 3 heterocycles. The molecule has 0 aliphatic carbocycles. The Morgan fingerprint density at radius 2 is 1.79 bits per heavy atom. The van der Waals surface area contributed by atoms with Crippen LogP contribution in [0.3, 0.4) is 0 Å². The van der Waals surface area contributed by atoms with Gasteiger partial charge < -0.3 is 20.3 Å². The van der Waals surface area contributed by atoms with Gasteiger partial charge in [0.1, 0.15) is 10.5 Å². The van der Waals surface area contributed by atoms with Crippen molar-refractivity contribution < 1.29 is 14.3 Å². The molecule has 0 atom stereocenters. The molecule has 0 aromatic carbocycles. The standard InChI is InChI=1S/C19H26N6O3S/c1-12-15(16(20)26)29-14(23-12)9-13-10-21-17(22-11-13)24-5-7-25(8-6-24)18(27)28-19(2,3)4/h10-11H,5-9H2,1-4H3,(H2,20,26). The summed E-state index contributed by atoms with van der Waals surface area (Å²) in [6.07, 6.45) is 3.79. The Hall–Kier alpha value is -2.75. The van der Waals surface area contributed by atoms with Crippen LogP contribution in [0.5, 0.6) is 0 Å². The minimum absolute atomic E-state index is 0.289. The van der Waals surface area contributed by atoms with Crippen LogP contribution in [-0.2, 0) is 11.2 Å². The highest BCUT2D eigenvalue weighted by atomic mass is 32.1. The van der Waals surface area contributed by atoms with Gasteiger partial charge in [-0.25, -0.2) is 19.7 Å². The first-order valence-electron chi connectivity index (χ1n) is 9.42. The van der Waals surface area contributed by atoms with Crippen LogP contribution < -0.4 is 10.6 Å². The Labute approximate surface area is 173 Å². The summed E-state index contributed by atoms with van der Waals surface area (Å²) >= 11 is 1.30. The summed E-state index contributed by atoms with van der Waals surface area (Å²) in [6, 6.07) is 0. The molecule has 9 nitrogen and oxygen atoms in total. The van der Waals surface area contributed by atoms with Gasteiger partial charge in [-0.1, -0.05) is 0 Å². The van der Waals surface area contributed by atoms with E-state index in [0.29, 0.717) is 49.1 Å². The molecule has 1 aliphatic rings. The number of thiazole rings is 1. The number of hydrogen-bond acceptors (Lipinski definition) is 8. The van der Waals surface area contributed by atoms with Crippen molar-refractivity contribution in [2.24, 2.45) is 5.73 Å². The van der Waals surface area contributed by atoms with Crippen molar-refractivity contribution in [3.8, 4) is 0 Å². The third kappa shape index (κ3) is 5.41. The molecule has 1 fully saturated rings. The molecule has 1 saturated heterocycles. The van der Waals surface area contributed by atoms with E-state index < -0.39 is 11.5 Å². The van der Waals surface area contributed by atoms with Crippen LogP contribution in [0.2, 0.25) is 0 Å². The van der Waals surface area contributed by atoms with Crippen molar-refractivity contribution in [2.75, 3.05) is 31.1 Å². The number of piperazine rings is 1. The number of nitrogens with two attached hydrogens (primary N) is 1. The summed E-state index contributed by atoms with van der Waals surface area (Å²) in [5.74, 6) is 0.175. The van der Waals surface area contributed by atoms with E-state index in [1.807, 2.05) is 25.7 Å². The van der Waals surface area contributed by atoms with Crippen molar-refractivity contribution in [2.45, 2.75) is 39.7 Å². The van der Waals surface area contributed by atoms with Gasteiger partial charge in [0.2, 0.25) is 5.95 Å². The molecule has 0 radical (unpaired) electrons. The van der Waals surface area contributed by atoms with Crippen LogP contribution in [0.4, 0.5) is 10.7 Å². The first kappa shape index (κ1) is 21.0. The number of aryl methyl sites for hydroxylation is 1. The van der Waals surface area contributed by atoms with Crippen LogP contribution in [0.1, 0.15) is 46.7 Å². The normalized spacial score (nSPS) is 14.8. The molecule has 0 bridgehead atoms. The van der Waals surface area contributed by atoms with E-state index in [1.54, 1.807) is 24.2 Å². The van der Waals surface area contributed by atoms with Gasteiger partial charge in [-0.2, -0.15) is 0 Å². The number of carbonyl (C=O) groups excluding carboxylic acids is 2. The maximum atomic E-state index is 12.2. The van der Waals surface area contributed by atoms with Gasteiger partial charge in [0.15, 0.2) is 0 Å². The zero-order valence-corrected chi connectivity index (χ0v) is 18.0. The zero-order chi connectivity index (χ0) is 21.2. The number of ether oxygens (including phenoxy) is 1. The number of carbonyl (C=O) groups is 2. The molecule has 1 aliphatic heterocycles. The van der Waals surface area contributed by atoms with Gasteiger partial charge in [-0.05, 0) is 33.3 Å². The maximum absolute atomic E-state index is 12.2. The molecule has 0 saturated carbocycles. The van der Waals surface area contributed by atoms with Crippen LogP contribution in [0.15, 0.2) is 12.4 Å². The zero-order valence-electron chi connectivity index (χ0n) is 17.1. The number of nitrogens with zero attached hydrogens (tertiary/aromatic N) is 5. The molecular formula is C19H26N6O3S. The molecule has 156 valence electrons. The Morgan fingerprint density at radius 3 is 2.31 bits per heavy atom. The summed E-state index contributed by atoms with van der Waals surface area (Å²) in [7, 11) is 0. The number of anilines is 1. The maximum Gasteiger partial charge on any atom is 0.410 e. The highest BCUT2D eigenvalue weighted by Gasteiger charge is 2.26. The predicted molar refractivity (Wildman–Crippen MR) is 110 cm³/mol. The fraction of sp³-hybridized carbons (Fsp3) is 0.526. The first-order valence-corrected chi connectivity index (χ1v) is 10.2. The second-order valence-electron chi connectivity index (χ2n) is 7.91. The summed E-state index contributed by atoms with van der Waals surface area (Å²) in [4.78, 5) is 41.1. The van der Waals surface area contributed by atoms with Gasteiger partial charge in [0.25, 0.3) is 5.91 Å². The van der Waals surface area contributed by atoms with Gasteiger partial charge in [0, 0.05) is 45.0 Å². The number of primary amides is 1. The number of amides is 2. The van der Waals surface area contributed by atoms with E-state index in [-0.39, 0.29) is 6.09 Å². The molecule has 0 unspecified atom stereocenters. The third-order valence-corrected chi connectivity index (χ3v) is 5.50. The molecule has 0 spiro atoms. The Balaban J connectivity index is 1.56. The van der Waals surface area contributed by atoms with Crippen molar-refractivity contribution in [1.29, 1.82) is 0 Å². The van der Waals surface area contributed by atoms with E-state index >= 15 is 0 Å². The molecule has 3 rings (SSSR count). The Bertz CT molecular complexity index is 882. The van der Waals surface area contributed by atoms with Crippen molar-refractivity contribution in [3.63, 3.8) is 0 Å². The van der Waals surface area contributed by atoms with E-state index in [1.165, 1.54) is 11.3 Å². The first-order chi connectivity index (χ1) is 13.6. The van der Waals surface area contributed by atoms with Crippen LogP contribution in [0, 0.1) is 6.92 Å². The topological polar surface area (TPSA) is 115 Å². The van der Waals surface area contributed by atoms with Crippen LogP contribution in [-0.4, -0.2) is 63.6 Å². The predicted octanol–water partition coefficient (Wildman–Crippen LogP) is 1.99. The van der Waals surface area contributed by atoms with Gasteiger partial charge in [-0.3, -0.25) is 4.79 Å². The van der Waals surface area contributed by atoms with Crippen LogP contribution in [0.25, 0.3) is 0 Å². The van der Waals surface area contributed by atoms with E-state index in [0.717, 1.165) is 10.6 Å². The lowest BCUT2D eigenvalue weighted by atomic mass is 10.2. The lowest BCUT2D eigenvalue weighted by molar-refractivity contribution is 0.0240. The second-order valence-corrected chi connectivity index (χ2v) is 8.99. The van der Waals surface area contributed by atoms with Crippen LogP contribution >= 0.6 is 11.3 Å². The SMILES string of the molecule is Cc1nc(Cc2cnc(N3CCN(C(=O)OC(C)(C)C)CC3)nc2)sc1C(N)=O. The minimum atomic E-state index is -0.499. The quantitative estimate of drug-likeness (QED) is 0.807. The van der Waals surface area contributed by atoms with E-state index in [9.17, 15) is 9.59 Å². The summed E-state index contributed by atoms with van der Waals surface area (Å²) in [6.45, 7) is 9.77. The molecule has 29 heavy (non-hydrogen) atoms. The third-order valence-electron chi connectivity index (χ3n) is 4.33. The average molecular weight is 419 g/mol. The lowest BCUT2D eigenvalue weighted by Gasteiger charge is -2.35. The highest BCUT2D eigenvalue weighted by molar-refractivity contribution is 7.13. The second kappa shape index (κ2) is 8.32.